The highest BCUT2D eigenvalue weighted by Crippen LogP contribution is 2.24. The Labute approximate surface area is 124 Å². The van der Waals surface area contributed by atoms with Crippen molar-refractivity contribution in [1.29, 1.82) is 0 Å². The fraction of sp³-hybridized carbons (Fsp3) is 0.375. The number of nitrogens with zero attached hydrogens (tertiary/aromatic N) is 2. The van der Waals surface area contributed by atoms with Crippen LogP contribution in [0.4, 0.5) is 5.69 Å². The third kappa shape index (κ3) is 3.42. The summed E-state index contributed by atoms with van der Waals surface area (Å²) in [6.45, 7) is 3.01. The monoisotopic (exact) mass is 288 g/mol. The fourth-order valence-electron chi connectivity index (χ4n) is 2.50. The Kier molecular flexibility index (Phi) is 4.31. The van der Waals surface area contributed by atoms with Crippen molar-refractivity contribution in [3.05, 3.63) is 41.1 Å². The molecule has 21 heavy (non-hydrogen) atoms. The van der Waals surface area contributed by atoms with E-state index in [1.165, 1.54) is 0 Å². The average molecular weight is 288 g/mol. The number of hydrogen-bond donors (Lipinski definition) is 1. The number of aryl methyl sites for hydroxylation is 1. The van der Waals surface area contributed by atoms with Gasteiger partial charge < -0.3 is 14.9 Å². The molecule has 0 saturated carbocycles. The number of piperidine rings is 1. The lowest BCUT2D eigenvalue weighted by molar-refractivity contribution is -0.116. The molecule has 0 aromatic heterocycles. The summed E-state index contributed by atoms with van der Waals surface area (Å²) >= 11 is 0. The topological polar surface area (TPSA) is 60.9 Å². The van der Waals surface area contributed by atoms with E-state index < -0.39 is 5.97 Å². The molecule has 0 unspecified atom stereocenters. The third-order valence-corrected chi connectivity index (χ3v) is 3.55. The van der Waals surface area contributed by atoms with E-state index in [9.17, 15) is 9.59 Å². The van der Waals surface area contributed by atoms with Gasteiger partial charge in [0.15, 0.2) is 5.78 Å². The highest BCUT2D eigenvalue weighted by molar-refractivity contribution is 5.98. The molecule has 0 atom stereocenters. The van der Waals surface area contributed by atoms with Gasteiger partial charge in [-0.1, -0.05) is 0 Å². The van der Waals surface area contributed by atoms with E-state index in [2.05, 4.69) is 4.90 Å². The Morgan fingerprint density at radius 2 is 2.10 bits per heavy atom. The number of carbonyl (C=O) groups excluding carboxylic acids is 1. The maximum atomic E-state index is 11.9. The molecule has 5 heteroatoms. The van der Waals surface area contributed by atoms with Crippen LogP contribution in [0.2, 0.25) is 0 Å². The number of Topliss-reactive ketones (excluding diaryl/α,β-unsaturated/α-hetero) is 1. The van der Waals surface area contributed by atoms with Crippen LogP contribution in [0.5, 0.6) is 0 Å². The molecule has 1 saturated heterocycles. The molecular formula is C16H20N2O3. The van der Waals surface area contributed by atoms with Crippen LogP contribution in [-0.2, 0) is 4.79 Å². The lowest BCUT2D eigenvalue weighted by Gasteiger charge is -2.30. The maximum absolute atomic E-state index is 11.9. The SMILES string of the molecule is Cc1cc(N2CCC(=O)C(=CN(C)C)C2)ccc1C(=O)O. The first kappa shape index (κ1) is 15.1. The molecule has 1 heterocycles. The number of rotatable bonds is 3. The van der Waals surface area contributed by atoms with Crippen molar-refractivity contribution >= 4 is 17.4 Å². The van der Waals surface area contributed by atoms with Crippen molar-refractivity contribution in [3.63, 3.8) is 0 Å². The molecule has 2 rings (SSSR count). The Morgan fingerprint density at radius 3 is 2.67 bits per heavy atom. The van der Waals surface area contributed by atoms with Crippen LogP contribution < -0.4 is 4.90 Å². The zero-order valence-corrected chi connectivity index (χ0v) is 12.6. The zero-order valence-electron chi connectivity index (χ0n) is 12.6. The number of aromatic carboxylic acids is 1. The number of carboxylic acids is 1. The van der Waals surface area contributed by atoms with Gasteiger partial charge in [0, 0.05) is 51.1 Å². The fourth-order valence-corrected chi connectivity index (χ4v) is 2.50. The summed E-state index contributed by atoms with van der Waals surface area (Å²) in [5.41, 5.74) is 2.78. The van der Waals surface area contributed by atoms with Gasteiger partial charge in [-0.25, -0.2) is 4.79 Å². The summed E-state index contributed by atoms with van der Waals surface area (Å²) in [7, 11) is 3.79. The first-order valence-corrected chi connectivity index (χ1v) is 6.87. The molecule has 0 bridgehead atoms. The van der Waals surface area contributed by atoms with Crippen molar-refractivity contribution in [2.45, 2.75) is 13.3 Å². The zero-order chi connectivity index (χ0) is 15.6. The van der Waals surface area contributed by atoms with Crippen molar-refractivity contribution < 1.29 is 14.7 Å². The molecule has 1 aromatic rings. The summed E-state index contributed by atoms with van der Waals surface area (Å²) in [5.74, 6) is -0.736. The Bertz CT molecular complexity index is 606. The van der Waals surface area contributed by atoms with Gasteiger partial charge in [-0.15, -0.1) is 0 Å². The third-order valence-electron chi connectivity index (χ3n) is 3.55. The number of ketones is 1. The number of anilines is 1. The van der Waals surface area contributed by atoms with Crippen molar-refractivity contribution in [2.24, 2.45) is 0 Å². The van der Waals surface area contributed by atoms with Crippen LogP contribution in [0.3, 0.4) is 0 Å². The summed E-state index contributed by atoms with van der Waals surface area (Å²) in [6.07, 6.45) is 2.34. The van der Waals surface area contributed by atoms with E-state index >= 15 is 0 Å². The summed E-state index contributed by atoms with van der Waals surface area (Å²) in [5, 5.41) is 9.07. The molecule has 1 aromatic carbocycles. The Hall–Kier alpha value is -2.30. The summed E-state index contributed by atoms with van der Waals surface area (Å²) in [6, 6.07) is 5.30. The predicted octanol–water partition coefficient (Wildman–Crippen LogP) is 1.92. The van der Waals surface area contributed by atoms with Gasteiger partial charge in [-0.05, 0) is 30.7 Å². The van der Waals surface area contributed by atoms with Crippen molar-refractivity contribution in [3.8, 4) is 0 Å². The van der Waals surface area contributed by atoms with Crippen LogP contribution in [-0.4, -0.2) is 48.9 Å². The van der Waals surface area contributed by atoms with Crippen LogP contribution >= 0.6 is 0 Å². The van der Waals surface area contributed by atoms with Gasteiger partial charge in [-0.3, -0.25) is 4.79 Å². The number of hydrogen-bond acceptors (Lipinski definition) is 4. The molecule has 1 fully saturated rings. The highest BCUT2D eigenvalue weighted by atomic mass is 16.4. The van der Waals surface area contributed by atoms with Gasteiger partial charge in [0.25, 0.3) is 0 Å². The highest BCUT2D eigenvalue weighted by Gasteiger charge is 2.22. The van der Waals surface area contributed by atoms with Crippen LogP contribution in [0.1, 0.15) is 22.3 Å². The number of carbonyl (C=O) groups is 2. The standard InChI is InChI=1S/C16H20N2O3/c1-11-8-13(4-5-14(11)16(20)21)18-7-6-15(19)12(10-18)9-17(2)3/h4-5,8-9H,6-7,10H2,1-3H3,(H,20,21). The lowest BCUT2D eigenvalue weighted by Crippen LogP contribution is -2.36. The van der Waals surface area contributed by atoms with Crippen LogP contribution in [0, 0.1) is 6.92 Å². The van der Waals surface area contributed by atoms with Gasteiger partial charge in [0.1, 0.15) is 0 Å². The molecule has 1 N–H and O–H groups in total. The molecule has 0 radical (unpaired) electrons. The smallest absolute Gasteiger partial charge is 0.335 e. The first-order chi connectivity index (χ1) is 9.88. The molecule has 1 aliphatic rings. The Morgan fingerprint density at radius 1 is 1.38 bits per heavy atom. The largest absolute Gasteiger partial charge is 0.478 e. The quantitative estimate of drug-likeness (QED) is 0.861. The number of benzene rings is 1. The summed E-state index contributed by atoms with van der Waals surface area (Å²) < 4.78 is 0. The minimum absolute atomic E-state index is 0.179. The molecule has 112 valence electrons. The first-order valence-electron chi connectivity index (χ1n) is 6.87. The van der Waals surface area contributed by atoms with Gasteiger partial charge in [-0.2, -0.15) is 0 Å². The molecule has 0 amide bonds. The molecular weight excluding hydrogens is 268 g/mol. The van der Waals surface area contributed by atoms with Gasteiger partial charge in [0.05, 0.1) is 5.56 Å². The van der Waals surface area contributed by atoms with Gasteiger partial charge in [0.2, 0.25) is 0 Å². The molecule has 0 spiro atoms. The second kappa shape index (κ2) is 5.99. The predicted molar refractivity (Wildman–Crippen MR) is 81.7 cm³/mol. The van der Waals surface area contributed by atoms with E-state index in [1.807, 2.05) is 31.3 Å². The maximum Gasteiger partial charge on any atom is 0.335 e. The van der Waals surface area contributed by atoms with Gasteiger partial charge >= 0.3 is 5.97 Å². The minimum atomic E-state index is -0.916. The Balaban J connectivity index is 2.25. The molecule has 5 nitrogen and oxygen atoms in total. The van der Waals surface area contributed by atoms with E-state index in [0.29, 0.717) is 25.1 Å². The van der Waals surface area contributed by atoms with E-state index in [4.69, 9.17) is 5.11 Å². The second-order valence-electron chi connectivity index (χ2n) is 5.52. The molecule has 1 aliphatic heterocycles. The second-order valence-corrected chi connectivity index (χ2v) is 5.52. The summed E-state index contributed by atoms with van der Waals surface area (Å²) in [4.78, 5) is 26.9. The van der Waals surface area contributed by atoms with E-state index in [0.717, 1.165) is 16.8 Å². The van der Waals surface area contributed by atoms with Crippen LogP contribution in [0.25, 0.3) is 0 Å². The number of carboxylic acid groups (broad SMARTS) is 1. The van der Waals surface area contributed by atoms with Crippen molar-refractivity contribution in [1.82, 2.24) is 4.90 Å². The normalized spacial score (nSPS) is 17.2. The lowest BCUT2D eigenvalue weighted by atomic mass is 10.0. The van der Waals surface area contributed by atoms with Crippen molar-refractivity contribution in [2.75, 3.05) is 32.1 Å². The van der Waals surface area contributed by atoms with Crippen LogP contribution in [0.15, 0.2) is 30.0 Å². The minimum Gasteiger partial charge on any atom is -0.478 e. The average Bonchev–Trinajstić information content (AvgIpc) is 2.40. The van der Waals surface area contributed by atoms with E-state index in [1.54, 1.807) is 19.1 Å². The van der Waals surface area contributed by atoms with E-state index in [-0.39, 0.29) is 5.78 Å². The molecule has 0 aliphatic carbocycles.